The zero-order valence-corrected chi connectivity index (χ0v) is 11.6. The van der Waals surface area contributed by atoms with E-state index >= 15 is 0 Å². The number of amides is 1. The summed E-state index contributed by atoms with van der Waals surface area (Å²) in [5.41, 5.74) is 6.72. The third-order valence-corrected chi connectivity index (χ3v) is 3.25. The van der Waals surface area contributed by atoms with Crippen molar-refractivity contribution in [1.29, 1.82) is 0 Å². The summed E-state index contributed by atoms with van der Waals surface area (Å²) in [5.74, 6) is -0.572. The van der Waals surface area contributed by atoms with Crippen molar-refractivity contribution in [2.45, 2.75) is 12.1 Å². The van der Waals surface area contributed by atoms with E-state index in [4.69, 9.17) is 5.73 Å². The normalized spacial score (nSPS) is 10.3. The summed E-state index contributed by atoms with van der Waals surface area (Å²) in [5, 5.41) is 3.17. The van der Waals surface area contributed by atoms with E-state index in [0.717, 1.165) is 5.69 Å². The van der Waals surface area contributed by atoms with Crippen LogP contribution in [0.3, 0.4) is 0 Å². The minimum Gasteiger partial charge on any atom is -0.396 e. The summed E-state index contributed by atoms with van der Waals surface area (Å²) in [7, 11) is 0. The number of nitrogens with two attached hydrogens (primary N) is 1. The number of benzene rings is 1. The van der Waals surface area contributed by atoms with Crippen molar-refractivity contribution < 1.29 is 9.18 Å². The van der Waals surface area contributed by atoms with Crippen LogP contribution in [-0.4, -0.2) is 21.6 Å². The molecule has 0 bridgehead atoms. The van der Waals surface area contributed by atoms with Gasteiger partial charge < -0.3 is 11.1 Å². The maximum absolute atomic E-state index is 13.0. The molecule has 0 aliphatic rings. The molecule has 20 heavy (non-hydrogen) atoms. The molecule has 3 N–H and O–H groups in total. The van der Waals surface area contributed by atoms with Crippen molar-refractivity contribution in [1.82, 2.24) is 9.97 Å². The predicted octanol–water partition coefficient (Wildman–Crippen LogP) is 2.24. The largest absolute Gasteiger partial charge is 0.396 e. The fourth-order valence-corrected chi connectivity index (χ4v) is 2.12. The fourth-order valence-electron chi connectivity index (χ4n) is 1.44. The van der Waals surface area contributed by atoms with Crippen molar-refractivity contribution in [3.63, 3.8) is 0 Å². The summed E-state index contributed by atoms with van der Waals surface area (Å²) in [6, 6.07) is 5.83. The number of aromatic nitrogens is 2. The first kappa shape index (κ1) is 14.3. The number of thioether (sulfide) groups is 1. The molecule has 0 unspecified atom stereocenters. The summed E-state index contributed by atoms with van der Waals surface area (Å²) >= 11 is 1.23. The Morgan fingerprint density at radius 3 is 2.95 bits per heavy atom. The average molecular weight is 292 g/mol. The van der Waals surface area contributed by atoms with Crippen LogP contribution in [0.2, 0.25) is 0 Å². The number of nitrogen functional groups attached to an aromatic ring is 1. The summed E-state index contributed by atoms with van der Waals surface area (Å²) in [6.45, 7) is 1.85. The Morgan fingerprint density at radius 2 is 2.25 bits per heavy atom. The van der Waals surface area contributed by atoms with E-state index in [0.29, 0.717) is 10.8 Å². The molecule has 0 fully saturated rings. The molecule has 7 heteroatoms. The lowest BCUT2D eigenvalue weighted by molar-refractivity contribution is -0.113. The second kappa shape index (κ2) is 6.33. The highest BCUT2D eigenvalue weighted by molar-refractivity contribution is 7.99. The van der Waals surface area contributed by atoms with E-state index in [1.54, 1.807) is 12.3 Å². The second-order valence-electron chi connectivity index (χ2n) is 4.05. The Labute approximate surface area is 119 Å². The van der Waals surface area contributed by atoms with E-state index in [2.05, 4.69) is 15.3 Å². The monoisotopic (exact) mass is 292 g/mol. The van der Waals surface area contributed by atoms with E-state index in [9.17, 15) is 9.18 Å². The topological polar surface area (TPSA) is 80.9 Å². The van der Waals surface area contributed by atoms with Crippen molar-refractivity contribution in [3.8, 4) is 0 Å². The Hall–Kier alpha value is -2.15. The van der Waals surface area contributed by atoms with Crippen LogP contribution in [0.15, 0.2) is 35.6 Å². The lowest BCUT2D eigenvalue weighted by Gasteiger charge is -2.06. The fraction of sp³-hybridized carbons (Fsp3) is 0.154. The van der Waals surface area contributed by atoms with Crippen LogP contribution in [-0.2, 0) is 4.79 Å². The maximum atomic E-state index is 13.0. The smallest absolute Gasteiger partial charge is 0.234 e. The van der Waals surface area contributed by atoms with Gasteiger partial charge >= 0.3 is 0 Å². The van der Waals surface area contributed by atoms with Crippen molar-refractivity contribution in [2.75, 3.05) is 16.8 Å². The van der Waals surface area contributed by atoms with E-state index in [1.165, 1.54) is 30.0 Å². The number of aryl methyl sites for hydroxylation is 1. The van der Waals surface area contributed by atoms with Crippen molar-refractivity contribution in [2.24, 2.45) is 0 Å². The summed E-state index contributed by atoms with van der Waals surface area (Å²) < 4.78 is 13.0. The Kier molecular flexibility index (Phi) is 4.52. The zero-order valence-electron chi connectivity index (χ0n) is 10.8. The van der Waals surface area contributed by atoms with Crippen LogP contribution in [0, 0.1) is 12.7 Å². The van der Waals surface area contributed by atoms with Gasteiger partial charge in [-0.05, 0) is 31.2 Å². The molecule has 0 aliphatic carbocycles. The molecule has 2 aromatic rings. The first-order valence-corrected chi connectivity index (χ1v) is 6.80. The molecule has 1 aromatic carbocycles. The number of carbonyl (C=O) groups excluding carboxylic acids is 1. The highest BCUT2D eigenvalue weighted by Crippen LogP contribution is 2.17. The van der Waals surface area contributed by atoms with Crippen molar-refractivity contribution in [3.05, 3.63) is 42.0 Å². The maximum Gasteiger partial charge on any atom is 0.234 e. The van der Waals surface area contributed by atoms with Crippen LogP contribution in [0.1, 0.15) is 5.69 Å². The zero-order chi connectivity index (χ0) is 14.5. The molecule has 0 aliphatic heterocycles. The van der Waals surface area contributed by atoms with Gasteiger partial charge in [0, 0.05) is 17.6 Å². The van der Waals surface area contributed by atoms with Gasteiger partial charge in [0.15, 0.2) is 5.16 Å². The molecule has 0 spiro atoms. The molecule has 1 amide bonds. The second-order valence-corrected chi connectivity index (χ2v) is 5.00. The van der Waals surface area contributed by atoms with Gasteiger partial charge in [-0.1, -0.05) is 11.8 Å². The first-order chi connectivity index (χ1) is 9.54. The Morgan fingerprint density at radius 1 is 1.45 bits per heavy atom. The van der Waals surface area contributed by atoms with Gasteiger partial charge in [0.25, 0.3) is 0 Å². The molecule has 0 radical (unpaired) electrons. The highest BCUT2D eigenvalue weighted by atomic mass is 32.2. The van der Waals surface area contributed by atoms with Gasteiger partial charge in [0.05, 0.1) is 11.4 Å². The third-order valence-electron chi connectivity index (χ3n) is 2.38. The van der Waals surface area contributed by atoms with Crippen LogP contribution >= 0.6 is 11.8 Å². The standard InChI is InChI=1S/C13H13FN4OS/c1-8-4-5-16-13(17-8)20-7-12(19)18-9-2-3-10(14)11(15)6-9/h2-6H,7,15H2,1H3,(H,18,19). The number of halogens is 1. The number of hydrogen-bond acceptors (Lipinski definition) is 5. The summed E-state index contributed by atoms with van der Waals surface area (Å²) in [6.07, 6.45) is 1.64. The van der Waals surface area contributed by atoms with E-state index < -0.39 is 5.82 Å². The minimum atomic E-state index is -0.509. The molecule has 0 saturated carbocycles. The van der Waals surface area contributed by atoms with Crippen LogP contribution in [0.5, 0.6) is 0 Å². The molecule has 5 nitrogen and oxygen atoms in total. The van der Waals surface area contributed by atoms with Crippen LogP contribution in [0.4, 0.5) is 15.8 Å². The Bertz CT molecular complexity index is 636. The number of carbonyl (C=O) groups is 1. The number of rotatable bonds is 4. The molecular weight excluding hydrogens is 279 g/mol. The Balaban J connectivity index is 1.91. The average Bonchev–Trinajstić information content (AvgIpc) is 2.41. The predicted molar refractivity (Wildman–Crippen MR) is 76.9 cm³/mol. The molecule has 0 saturated heterocycles. The molecule has 1 aromatic heterocycles. The lowest BCUT2D eigenvalue weighted by Crippen LogP contribution is -2.14. The molecular formula is C13H13FN4OS. The number of nitrogens with zero attached hydrogens (tertiary/aromatic N) is 2. The molecule has 1 heterocycles. The first-order valence-electron chi connectivity index (χ1n) is 5.82. The number of anilines is 2. The molecule has 0 atom stereocenters. The van der Waals surface area contributed by atoms with Crippen LogP contribution in [0.25, 0.3) is 0 Å². The van der Waals surface area contributed by atoms with Crippen LogP contribution < -0.4 is 11.1 Å². The number of nitrogens with one attached hydrogen (secondary N) is 1. The quantitative estimate of drug-likeness (QED) is 0.513. The molecule has 104 valence electrons. The summed E-state index contributed by atoms with van der Waals surface area (Å²) in [4.78, 5) is 20.0. The van der Waals surface area contributed by atoms with Gasteiger partial charge in [0.2, 0.25) is 5.91 Å². The minimum absolute atomic E-state index is 0.00234. The third kappa shape index (κ3) is 3.92. The lowest BCUT2D eigenvalue weighted by atomic mass is 10.2. The number of hydrogen-bond donors (Lipinski definition) is 2. The van der Waals surface area contributed by atoms with Gasteiger partial charge in [-0.2, -0.15) is 0 Å². The van der Waals surface area contributed by atoms with E-state index in [-0.39, 0.29) is 17.3 Å². The van der Waals surface area contributed by atoms with Gasteiger partial charge in [-0.25, -0.2) is 14.4 Å². The van der Waals surface area contributed by atoms with Crippen molar-refractivity contribution >= 4 is 29.0 Å². The SMILES string of the molecule is Cc1ccnc(SCC(=O)Nc2ccc(F)c(N)c2)n1. The van der Waals surface area contributed by atoms with Gasteiger partial charge in [-0.15, -0.1) is 0 Å². The van der Waals surface area contributed by atoms with E-state index in [1.807, 2.05) is 6.92 Å². The van der Waals surface area contributed by atoms with Gasteiger partial charge in [-0.3, -0.25) is 4.79 Å². The highest BCUT2D eigenvalue weighted by Gasteiger charge is 2.07. The molecule has 2 rings (SSSR count). The van der Waals surface area contributed by atoms with Gasteiger partial charge in [0.1, 0.15) is 5.82 Å².